The number of carbonyl (C=O) groups excluding carboxylic acids is 1. The highest BCUT2D eigenvalue weighted by atomic mass is 19.4. The summed E-state index contributed by atoms with van der Waals surface area (Å²) in [6.45, 7) is -0.332. The van der Waals surface area contributed by atoms with E-state index in [9.17, 15) is 18.0 Å². The van der Waals surface area contributed by atoms with Crippen LogP contribution in [0.15, 0.2) is 12.3 Å². The summed E-state index contributed by atoms with van der Waals surface area (Å²) in [6.07, 6.45) is -3.30. The van der Waals surface area contributed by atoms with Gasteiger partial charge in [-0.3, -0.25) is 9.89 Å². The Labute approximate surface area is 97.2 Å². The molecule has 1 amide bonds. The number of tetrazole rings is 1. The zero-order valence-electron chi connectivity index (χ0n) is 8.64. The van der Waals surface area contributed by atoms with Gasteiger partial charge in [0.1, 0.15) is 12.4 Å². The molecule has 11 heteroatoms. The van der Waals surface area contributed by atoms with E-state index < -0.39 is 17.9 Å². The van der Waals surface area contributed by atoms with Crippen LogP contribution in [0.5, 0.6) is 0 Å². The molecule has 0 unspecified atom stereocenters. The molecule has 0 radical (unpaired) electrons. The second-order valence-corrected chi connectivity index (χ2v) is 3.12. The second-order valence-electron chi connectivity index (χ2n) is 3.12. The van der Waals surface area contributed by atoms with Crippen molar-refractivity contribution >= 4 is 5.91 Å². The highest BCUT2D eigenvalue weighted by molar-refractivity contribution is 5.91. The smallest absolute Gasteiger partial charge is 0.330 e. The fourth-order valence-corrected chi connectivity index (χ4v) is 1.04. The van der Waals surface area contributed by atoms with Crippen molar-refractivity contribution in [2.24, 2.45) is 0 Å². The summed E-state index contributed by atoms with van der Waals surface area (Å²) in [5, 5.41) is 17.3. The van der Waals surface area contributed by atoms with Gasteiger partial charge in [0.25, 0.3) is 11.7 Å². The van der Waals surface area contributed by atoms with Gasteiger partial charge in [-0.15, -0.1) is 15.0 Å². The molecule has 0 aliphatic carbocycles. The number of hydrogen-bond donors (Lipinski definition) is 2. The van der Waals surface area contributed by atoms with Gasteiger partial charge in [0.15, 0.2) is 0 Å². The van der Waals surface area contributed by atoms with E-state index >= 15 is 0 Å². The third-order valence-corrected chi connectivity index (χ3v) is 1.83. The standard InChI is InChI=1S/C7H6F3N7O/c8-7(9,10)6-14-16-17(15-6)3-11-5(18)4-1-2-12-13-4/h1-2H,3H2,(H,11,18)(H,12,13). The molecule has 0 bridgehead atoms. The van der Waals surface area contributed by atoms with Crippen molar-refractivity contribution in [3.05, 3.63) is 23.8 Å². The van der Waals surface area contributed by atoms with Crippen molar-refractivity contribution in [3.63, 3.8) is 0 Å². The Kier molecular flexibility index (Phi) is 2.95. The van der Waals surface area contributed by atoms with Crippen LogP contribution >= 0.6 is 0 Å². The number of halogens is 3. The molecule has 18 heavy (non-hydrogen) atoms. The van der Waals surface area contributed by atoms with Crippen LogP contribution in [0.1, 0.15) is 16.3 Å². The fourth-order valence-electron chi connectivity index (χ4n) is 1.04. The van der Waals surface area contributed by atoms with E-state index in [1.165, 1.54) is 12.3 Å². The largest absolute Gasteiger partial charge is 0.455 e. The normalized spacial score (nSPS) is 11.5. The molecule has 2 rings (SSSR count). The van der Waals surface area contributed by atoms with E-state index in [0.717, 1.165) is 0 Å². The Morgan fingerprint density at radius 2 is 2.28 bits per heavy atom. The van der Waals surface area contributed by atoms with Gasteiger partial charge in [0.2, 0.25) is 0 Å². The SMILES string of the molecule is O=C(NCn1nnc(C(F)(F)F)n1)c1ccn[nH]1. The number of alkyl halides is 3. The van der Waals surface area contributed by atoms with Crippen molar-refractivity contribution in [1.82, 2.24) is 35.7 Å². The molecule has 8 nitrogen and oxygen atoms in total. The van der Waals surface area contributed by atoms with Crippen LogP contribution in [0, 0.1) is 0 Å². The molecule has 0 aliphatic heterocycles. The van der Waals surface area contributed by atoms with Crippen molar-refractivity contribution in [3.8, 4) is 0 Å². The van der Waals surface area contributed by atoms with Gasteiger partial charge in [-0.2, -0.15) is 18.3 Å². The quantitative estimate of drug-likeness (QED) is 0.796. The molecular weight excluding hydrogens is 255 g/mol. The molecule has 96 valence electrons. The summed E-state index contributed by atoms with van der Waals surface area (Å²) in [6, 6.07) is 1.41. The van der Waals surface area contributed by atoms with Crippen molar-refractivity contribution in [2.45, 2.75) is 12.8 Å². The maximum atomic E-state index is 12.1. The summed E-state index contributed by atoms with van der Waals surface area (Å²) in [5.74, 6) is -1.91. The summed E-state index contributed by atoms with van der Waals surface area (Å²) >= 11 is 0. The molecule has 0 atom stereocenters. The Hall–Kier alpha value is -2.46. The Morgan fingerprint density at radius 1 is 1.50 bits per heavy atom. The van der Waals surface area contributed by atoms with E-state index in [4.69, 9.17) is 0 Å². The van der Waals surface area contributed by atoms with Crippen LogP contribution < -0.4 is 5.32 Å². The Morgan fingerprint density at radius 3 is 2.83 bits per heavy atom. The number of H-pyrrole nitrogens is 1. The van der Waals surface area contributed by atoms with E-state index in [2.05, 4.69) is 30.9 Å². The van der Waals surface area contributed by atoms with Gasteiger partial charge in [-0.25, -0.2) is 0 Å². The van der Waals surface area contributed by atoms with Crippen LogP contribution in [0.3, 0.4) is 0 Å². The maximum Gasteiger partial charge on any atom is 0.455 e. The topological polar surface area (TPSA) is 101 Å². The van der Waals surface area contributed by atoms with Crippen LogP contribution in [0.2, 0.25) is 0 Å². The van der Waals surface area contributed by atoms with Crippen molar-refractivity contribution < 1.29 is 18.0 Å². The Bertz CT molecular complexity index is 531. The number of hydrogen-bond acceptors (Lipinski definition) is 5. The molecule has 2 heterocycles. The Balaban J connectivity index is 1.95. The first-order valence-electron chi connectivity index (χ1n) is 4.59. The summed E-state index contributed by atoms with van der Waals surface area (Å²) < 4.78 is 36.4. The van der Waals surface area contributed by atoms with E-state index in [0.29, 0.717) is 4.80 Å². The number of nitrogens with one attached hydrogen (secondary N) is 2. The minimum absolute atomic E-state index is 0.172. The first-order chi connectivity index (χ1) is 8.47. The lowest BCUT2D eigenvalue weighted by atomic mass is 10.4. The van der Waals surface area contributed by atoms with Gasteiger partial charge < -0.3 is 5.32 Å². The van der Waals surface area contributed by atoms with Crippen LogP contribution in [-0.4, -0.2) is 36.3 Å². The van der Waals surface area contributed by atoms with Crippen LogP contribution in [-0.2, 0) is 12.8 Å². The molecule has 0 saturated carbocycles. The number of nitrogens with zero attached hydrogens (tertiary/aromatic N) is 5. The molecule has 2 aromatic rings. The molecule has 2 N–H and O–H groups in total. The monoisotopic (exact) mass is 261 g/mol. The second kappa shape index (κ2) is 4.43. The third-order valence-electron chi connectivity index (χ3n) is 1.83. The predicted molar refractivity (Wildman–Crippen MR) is 48.9 cm³/mol. The lowest BCUT2D eigenvalue weighted by Crippen LogP contribution is -2.27. The lowest BCUT2D eigenvalue weighted by Gasteiger charge is -2.01. The zero-order valence-corrected chi connectivity index (χ0v) is 8.64. The van der Waals surface area contributed by atoms with E-state index in [1.54, 1.807) is 0 Å². The molecule has 0 spiro atoms. The number of aromatic nitrogens is 6. The van der Waals surface area contributed by atoms with Gasteiger partial charge in [-0.05, 0) is 11.3 Å². The minimum Gasteiger partial charge on any atom is -0.330 e. The molecule has 0 aliphatic rings. The average molecular weight is 261 g/mol. The minimum atomic E-state index is -4.66. The first kappa shape index (κ1) is 12.0. The molecule has 2 aromatic heterocycles. The molecule has 0 saturated heterocycles. The number of rotatable bonds is 3. The maximum absolute atomic E-state index is 12.1. The van der Waals surface area contributed by atoms with E-state index in [-0.39, 0.29) is 12.4 Å². The van der Waals surface area contributed by atoms with Crippen molar-refractivity contribution in [1.29, 1.82) is 0 Å². The van der Waals surface area contributed by atoms with Gasteiger partial charge >= 0.3 is 6.18 Å². The zero-order chi connectivity index (χ0) is 13.2. The third kappa shape index (κ3) is 2.61. The average Bonchev–Trinajstić information content (AvgIpc) is 2.96. The van der Waals surface area contributed by atoms with Gasteiger partial charge in [0.05, 0.1) is 0 Å². The van der Waals surface area contributed by atoms with Crippen molar-refractivity contribution in [2.75, 3.05) is 0 Å². The summed E-state index contributed by atoms with van der Waals surface area (Å²) in [4.78, 5) is 12.0. The van der Waals surface area contributed by atoms with Gasteiger partial charge in [0, 0.05) is 6.20 Å². The molecule has 0 fully saturated rings. The first-order valence-corrected chi connectivity index (χ1v) is 4.59. The van der Waals surface area contributed by atoms with Gasteiger partial charge in [-0.1, -0.05) is 0 Å². The fraction of sp³-hybridized carbons (Fsp3) is 0.286. The van der Waals surface area contributed by atoms with E-state index in [1.807, 2.05) is 0 Å². The lowest BCUT2D eigenvalue weighted by molar-refractivity contribution is -0.145. The van der Waals surface area contributed by atoms with Crippen LogP contribution in [0.4, 0.5) is 13.2 Å². The molecular formula is C7H6F3N7O. The van der Waals surface area contributed by atoms with Crippen LogP contribution in [0.25, 0.3) is 0 Å². The summed E-state index contributed by atoms with van der Waals surface area (Å²) in [7, 11) is 0. The highest BCUT2D eigenvalue weighted by Crippen LogP contribution is 2.24. The number of aromatic amines is 1. The highest BCUT2D eigenvalue weighted by Gasteiger charge is 2.36. The molecule has 0 aromatic carbocycles. The predicted octanol–water partition coefficient (Wildman–Crippen LogP) is -0.198. The summed E-state index contributed by atoms with van der Waals surface area (Å²) in [5.41, 5.74) is 0.172. The number of amides is 1. The number of carbonyl (C=O) groups is 1.